The molecule has 1 N–H and O–H groups in total. The zero-order valence-electron chi connectivity index (χ0n) is 17.0. The standard InChI is InChI=1S/C23H22F3NO4/c1-30-19-11-6-14(7-12-19)20(22(29)31-2)16-5-10-18(13-16)27-21(28)15-3-8-17(9-4-15)23(24,25)26/h3-12,16,18,20H,13H2,1-2H3,(H,27,28)/t16-,18+,20-/m1/s1. The first-order chi connectivity index (χ1) is 14.7. The zero-order chi connectivity index (χ0) is 22.6. The molecule has 0 saturated carbocycles. The van der Waals surface area contributed by atoms with Crippen LogP contribution in [0.3, 0.4) is 0 Å². The van der Waals surface area contributed by atoms with Crippen LogP contribution in [0.2, 0.25) is 0 Å². The first-order valence-electron chi connectivity index (χ1n) is 9.61. The molecule has 1 amide bonds. The lowest BCUT2D eigenvalue weighted by Crippen LogP contribution is -2.33. The minimum Gasteiger partial charge on any atom is -0.497 e. The summed E-state index contributed by atoms with van der Waals surface area (Å²) in [5.41, 5.74) is 0.0758. The highest BCUT2D eigenvalue weighted by Gasteiger charge is 2.34. The van der Waals surface area contributed by atoms with Crippen LogP contribution in [0.25, 0.3) is 0 Å². The fourth-order valence-corrected chi connectivity index (χ4v) is 3.64. The van der Waals surface area contributed by atoms with E-state index in [4.69, 9.17) is 9.47 Å². The van der Waals surface area contributed by atoms with Crippen molar-refractivity contribution < 1.29 is 32.2 Å². The van der Waals surface area contributed by atoms with Gasteiger partial charge in [0.1, 0.15) is 5.75 Å². The maximum Gasteiger partial charge on any atom is 0.416 e. The molecular formula is C23H22F3NO4. The van der Waals surface area contributed by atoms with Crippen molar-refractivity contribution in [1.29, 1.82) is 0 Å². The summed E-state index contributed by atoms with van der Waals surface area (Å²) >= 11 is 0. The molecule has 0 bridgehead atoms. The second-order valence-corrected chi connectivity index (χ2v) is 7.21. The first-order valence-corrected chi connectivity index (χ1v) is 9.61. The Bertz CT molecular complexity index is 952. The largest absolute Gasteiger partial charge is 0.497 e. The molecule has 8 heteroatoms. The van der Waals surface area contributed by atoms with E-state index in [9.17, 15) is 22.8 Å². The van der Waals surface area contributed by atoms with Crippen LogP contribution in [-0.2, 0) is 15.7 Å². The second kappa shape index (κ2) is 9.24. The Morgan fingerprint density at radius 1 is 1.00 bits per heavy atom. The molecule has 5 nitrogen and oxygen atoms in total. The van der Waals surface area contributed by atoms with Gasteiger partial charge in [-0.25, -0.2) is 0 Å². The number of hydrogen-bond acceptors (Lipinski definition) is 4. The molecule has 2 aromatic carbocycles. The molecule has 1 aliphatic carbocycles. The minimum absolute atomic E-state index is 0.129. The van der Waals surface area contributed by atoms with E-state index in [1.807, 2.05) is 6.08 Å². The van der Waals surface area contributed by atoms with Crippen molar-refractivity contribution >= 4 is 11.9 Å². The van der Waals surface area contributed by atoms with E-state index in [2.05, 4.69) is 5.32 Å². The van der Waals surface area contributed by atoms with Crippen molar-refractivity contribution in [3.05, 3.63) is 77.4 Å². The summed E-state index contributed by atoms with van der Waals surface area (Å²) in [5, 5.41) is 2.79. The summed E-state index contributed by atoms with van der Waals surface area (Å²) in [6, 6.07) is 10.8. The van der Waals surface area contributed by atoms with Crippen molar-refractivity contribution in [2.45, 2.75) is 24.6 Å². The molecule has 1 aliphatic rings. The van der Waals surface area contributed by atoms with Crippen LogP contribution in [0.5, 0.6) is 5.75 Å². The summed E-state index contributed by atoms with van der Waals surface area (Å²) in [4.78, 5) is 24.9. The fraction of sp³-hybridized carbons (Fsp3) is 0.304. The molecule has 3 atom stereocenters. The third kappa shape index (κ3) is 5.25. The maximum atomic E-state index is 12.7. The van der Waals surface area contributed by atoms with Gasteiger partial charge in [-0.05, 0) is 54.3 Å². The molecule has 0 fully saturated rings. The molecule has 31 heavy (non-hydrogen) atoms. The summed E-state index contributed by atoms with van der Waals surface area (Å²) in [7, 11) is 2.87. The van der Waals surface area contributed by atoms with Crippen LogP contribution in [0, 0.1) is 5.92 Å². The van der Waals surface area contributed by atoms with Gasteiger partial charge in [0.15, 0.2) is 0 Å². The molecule has 0 aliphatic heterocycles. The maximum absolute atomic E-state index is 12.7. The van der Waals surface area contributed by atoms with Crippen molar-refractivity contribution in [2.75, 3.05) is 14.2 Å². The molecular weight excluding hydrogens is 411 g/mol. The average Bonchev–Trinajstić information content (AvgIpc) is 3.21. The zero-order valence-corrected chi connectivity index (χ0v) is 17.0. The Kier molecular flexibility index (Phi) is 6.68. The number of esters is 1. The van der Waals surface area contributed by atoms with Gasteiger partial charge < -0.3 is 14.8 Å². The van der Waals surface area contributed by atoms with Gasteiger partial charge in [-0.2, -0.15) is 13.2 Å². The van der Waals surface area contributed by atoms with Crippen molar-refractivity contribution in [3.8, 4) is 5.75 Å². The van der Waals surface area contributed by atoms with Crippen molar-refractivity contribution in [2.24, 2.45) is 5.92 Å². The van der Waals surface area contributed by atoms with E-state index in [1.165, 1.54) is 7.11 Å². The number of carbonyl (C=O) groups excluding carboxylic acids is 2. The van der Waals surface area contributed by atoms with Crippen LogP contribution in [0.4, 0.5) is 13.2 Å². The number of ether oxygens (including phenoxy) is 2. The number of alkyl halides is 3. The molecule has 0 heterocycles. The lowest BCUT2D eigenvalue weighted by atomic mass is 9.85. The number of nitrogens with one attached hydrogen (secondary N) is 1. The van der Waals surface area contributed by atoms with Gasteiger partial charge in [0.25, 0.3) is 5.91 Å². The smallest absolute Gasteiger partial charge is 0.416 e. The molecule has 164 valence electrons. The monoisotopic (exact) mass is 433 g/mol. The van der Waals surface area contributed by atoms with Gasteiger partial charge in [-0.15, -0.1) is 0 Å². The summed E-state index contributed by atoms with van der Waals surface area (Å²) < 4.78 is 48.2. The minimum atomic E-state index is -4.46. The number of allylic oxidation sites excluding steroid dienone is 1. The van der Waals surface area contributed by atoms with E-state index in [0.29, 0.717) is 12.2 Å². The summed E-state index contributed by atoms with van der Waals surface area (Å²) in [5.74, 6) is -0.979. The molecule has 3 rings (SSSR count). The highest BCUT2D eigenvalue weighted by molar-refractivity contribution is 5.94. The number of benzene rings is 2. The highest BCUT2D eigenvalue weighted by atomic mass is 19.4. The van der Waals surface area contributed by atoms with Crippen molar-refractivity contribution in [1.82, 2.24) is 5.32 Å². The highest BCUT2D eigenvalue weighted by Crippen LogP contribution is 2.35. The Labute approximate surface area is 177 Å². The fourth-order valence-electron chi connectivity index (χ4n) is 3.64. The molecule has 0 radical (unpaired) electrons. The van der Waals surface area contributed by atoms with Gasteiger partial charge in [-0.3, -0.25) is 9.59 Å². The molecule has 0 saturated heterocycles. The molecule has 2 aromatic rings. The van der Waals surface area contributed by atoms with E-state index < -0.39 is 29.5 Å². The average molecular weight is 433 g/mol. The number of carbonyl (C=O) groups is 2. The lowest BCUT2D eigenvalue weighted by molar-refractivity contribution is -0.143. The number of hydrogen-bond donors (Lipinski definition) is 1. The Balaban J connectivity index is 1.68. The second-order valence-electron chi connectivity index (χ2n) is 7.21. The number of halogens is 3. The SMILES string of the molecule is COC(=O)[C@H](c1ccc(OC)cc1)[C@@H]1C=C[C@H](NC(=O)c2ccc(C(F)(F)F)cc2)C1. The van der Waals surface area contributed by atoms with E-state index in [0.717, 1.165) is 29.8 Å². The van der Waals surface area contributed by atoms with Crippen LogP contribution in [0.15, 0.2) is 60.7 Å². The predicted octanol–water partition coefficient (Wildman–Crippen LogP) is 4.35. The number of rotatable bonds is 6. The number of methoxy groups -OCH3 is 2. The van der Waals surface area contributed by atoms with E-state index in [-0.39, 0.29) is 17.5 Å². The third-order valence-corrected chi connectivity index (χ3v) is 5.27. The lowest BCUT2D eigenvalue weighted by Gasteiger charge is -2.22. The third-order valence-electron chi connectivity index (χ3n) is 5.27. The van der Waals surface area contributed by atoms with Crippen LogP contribution in [-0.4, -0.2) is 32.1 Å². The molecule has 0 aromatic heterocycles. The van der Waals surface area contributed by atoms with Crippen LogP contribution >= 0.6 is 0 Å². The van der Waals surface area contributed by atoms with Gasteiger partial charge in [0, 0.05) is 11.6 Å². The Morgan fingerprint density at radius 3 is 2.19 bits per heavy atom. The van der Waals surface area contributed by atoms with Gasteiger partial charge in [0.2, 0.25) is 0 Å². The predicted molar refractivity (Wildman–Crippen MR) is 108 cm³/mol. The first kappa shape index (κ1) is 22.4. The van der Waals surface area contributed by atoms with Gasteiger partial charge >= 0.3 is 12.1 Å². The quantitative estimate of drug-likeness (QED) is 0.544. The van der Waals surface area contributed by atoms with Gasteiger partial charge in [-0.1, -0.05) is 24.3 Å². The Morgan fingerprint density at radius 2 is 1.65 bits per heavy atom. The summed E-state index contributed by atoms with van der Waals surface area (Å²) in [6.07, 6.45) is -0.366. The van der Waals surface area contributed by atoms with E-state index >= 15 is 0 Å². The Hall–Kier alpha value is -3.29. The number of amides is 1. The molecule has 0 unspecified atom stereocenters. The summed E-state index contributed by atoms with van der Waals surface area (Å²) in [6.45, 7) is 0. The van der Waals surface area contributed by atoms with E-state index in [1.54, 1.807) is 37.5 Å². The molecule has 0 spiro atoms. The normalized spacial score (nSPS) is 19.0. The topological polar surface area (TPSA) is 64.6 Å². The van der Waals surface area contributed by atoms with Gasteiger partial charge in [0.05, 0.1) is 25.7 Å². The van der Waals surface area contributed by atoms with Crippen LogP contribution in [0.1, 0.15) is 33.8 Å². The van der Waals surface area contributed by atoms with Crippen LogP contribution < -0.4 is 10.1 Å². The van der Waals surface area contributed by atoms with Crippen molar-refractivity contribution in [3.63, 3.8) is 0 Å².